The average molecular weight is 276 g/mol. The van der Waals surface area contributed by atoms with Gasteiger partial charge < -0.3 is 10.6 Å². The summed E-state index contributed by atoms with van der Waals surface area (Å²) >= 11 is 0. The van der Waals surface area contributed by atoms with Crippen molar-refractivity contribution in [1.29, 1.82) is 0 Å². The lowest BCUT2D eigenvalue weighted by Gasteiger charge is -2.20. The van der Waals surface area contributed by atoms with Crippen LogP contribution in [0, 0.1) is 5.92 Å². The molecule has 1 heterocycles. The smallest absolute Gasteiger partial charge is 0.357 e. The molecule has 1 unspecified atom stereocenters. The van der Waals surface area contributed by atoms with E-state index in [1.807, 2.05) is 0 Å². The van der Waals surface area contributed by atoms with E-state index in [0.717, 1.165) is 12.3 Å². The third-order valence-electron chi connectivity index (χ3n) is 2.43. The Hall–Kier alpha value is -1.86. The topological polar surface area (TPSA) is 66.9 Å². The molecule has 0 aliphatic carbocycles. The molecule has 1 amide bonds. The van der Waals surface area contributed by atoms with Crippen LogP contribution in [-0.4, -0.2) is 29.0 Å². The minimum absolute atomic E-state index is 0.127. The number of halogens is 3. The minimum Gasteiger partial charge on any atom is -0.357 e. The van der Waals surface area contributed by atoms with Gasteiger partial charge in [0.25, 0.3) is 0 Å². The molecule has 2 N–H and O–H groups in total. The maximum atomic E-state index is 12.5. The minimum atomic E-state index is -4.54. The van der Waals surface area contributed by atoms with Gasteiger partial charge in [0.15, 0.2) is 0 Å². The summed E-state index contributed by atoms with van der Waals surface area (Å²) in [5.41, 5.74) is -1.05. The molecule has 0 saturated carbocycles. The molecule has 0 aliphatic rings. The van der Waals surface area contributed by atoms with Crippen molar-refractivity contribution < 1.29 is 18.0 Å². The van der Waals surface area contributed by atoms with E-state index in [2.05, 4.69) is 20.6 Å². The SMILES string of the molecule is CNC(=O)C(Nc1nccc(C(F)(F)F)n1)C(C)C. The Bertz CT molecular complexity index is 448. The van der Waals surface area contributed by atoms with Crippen LogP contribution in [-0.2, 0) is 11.0 Å². The van der Waals surface area contributed by atoms with Crippen molar-refractivity contribution in [2.45, 2.75) is 26.1 Å². The Kier molecular flexibility index (Phi) is 4.68. The first-order valence-electron chi connectivity index (χ1n) is 5.64. The molecule has 0 aromatic carbocycles. The zero-order chi connectivity index (χ0) is 14.6. The predicted octanol–water partition coefficient (Wildman–Crippen LogP) is 1.68. The molecule has 0 spiro atoms. The summed E-state index contributed by atoms with van der Waals surface area (Å²) in [5.74, 6) is -0.689. The van der Waals surface area contributed by atoms with E-state index >= 15 is 0 Å². The molecule has 0 radical (unpaired) electrons. The molecular weight excluding hydrogens is 261 g/mol. The molecule has 1 aromatic rings. The summed E-state index contributed by atoms with van der Waals surface area (Å²) in [5, 5.41) is 5.04. The maximum absolute atomic E-state index is 12.5. The molecule has 0 aliphatic heterocycles. The third kappa shape index (κ3) is 4.08. The Labute approximate surface area is 108 Å². The summed E-state index contributed by atoms with van der Waals surface area (Å²) in [7, 11) is 1.45. The van der Waals surface area contributed by atoms with Gasteiger partial charge in [-0.15, -0.1) is 0 Å². The number of rotatable bonds is 4. The van der Waals surface area contributed by atoms with Crippen LogP contribution in [0.5, 0.6) is 0 Å². The highest BCUT2D eigenvalue weighted by molar-refractivity contribution is 5.84. The fourth-order valence-electron chi connectivity index (χ4n) is 1.42. The van der Waals surface area contributed by atoms with Gasteiger partial charge in [-0.3, -0.25) is 4.79 Å². The number of carbonyl (C=O) groups is 1. The van der Waals surface area contributed by atoms with Crippen LogP contribution >= 0.6 is 0 Å². The van der Waals surface area contributed by atoms with Crippen molar-refractivity contribution in [1.82, 2.24) is 15.3 Å². The molecule has 0 bridgehead atoms. The Balaban J connectivity index is 2.95. The van der Waals surface area contributed by atoms with Crippen molar-refractivity contribution >= 4 is 11.9 Å². The summed E-state index contributed by atoms with van der Waals surface area (Å²) in [4.78, 5) is 18.6. The number of nitrogens with zero attached hydrogens (tertiary/aromatic N) is 2. The Morgan fingerprint density at radius 2 is 2.00 bits per heavy atom. The lowest BCUT2D eigenvalue weighted by Crippen LogP contribution is -2.41. The van der Waals surface area contributed by atoms with Gasteiger partial charge in [-0.05, 0) is 12.0 Å². The lowest BCUT2D eigenvalue weighted by molar-refractivity contribution is -0.141. The van der Waals surface area contributed by atoms with E-state index < -0.39 is 17.9 Å². The van der Waals surface area contributed by atoms with Gasteiger partial charge in [0, 0.05) is 13.2 Å². The third-order valence-corrected chi connectivity index (χ3v) is 2.43. The monoisotopic (exact) mass is 276 g/mol. The number of hydrogen-bond acceptors (Lipinski definition) is 4. The molecule has 5 nitrogen and oxygen atoms in total. The van der Waals surface area contributed by atoms with Gasteiger partial charge in [-0.25, -0.2) is 9.97 Å². The van der Waals surface area contributed by atoms with Crippen molar-refractivity contribution in [3.8, 4) is 0 Å². The number of alkyl halides is 3. The second kappa shape index (κ2) is 5.85. The predicted molar refractivity (Wildman–Crippen MR) is 63.3 cm³/mol. The zero-order valence-corrected chi connectivity index (χ0v) is 10.7. The lowest BCUT2D eigenvalue weighted by atomic mass is 10.0. The van der Waals surface area contributed by atoms with Crippen LogP contribution in [0.3, 0.4) is 0 Å². The van der Waals surface area contributed by atoms with E-state index in [0.29, 0.717) is 0 Å². The van der Waals surface area contributed by atoms with Gasteiger partial charge in [0.1, 0.15) is 11.7 Å². The highest BCUT2D eigenvalue weighted by atomic mass is 19.4. The van der Waals surface area contributed by atoms with Crippen LogP contribution < -0.4 is 10.6 Å². The van der Waals surface area contributed by atoms with Crippen LogP contribution in [0.15, 0.2) is 12.3 Å². The second-order valence-electron chi connectivity index (χ2n) is 4.24. The summed E-state index contributed by atoms with van der Waals surface area (Å²) in [6, 6.07) is 0.0728. The van der Waals surface area contributed by atoms with Crippen LogP contribution in [0.25, 0.3) is 0 Å². The number of amides is 1. The standard InChI is InChI=1S/C11H15F3N4O/c1-6(2)8(9(19)15-3)18-10-16-5-4-7(17-10)11(12,13)14/h4-6,8H,1-3H3,(H,15,19)(H,16,17,18). The van der Waals surface area contributed by atoms with Crippen molar-refractivity contribution in [3.05, 3.63) is 18.0 Å². The fraction of sp³-hybridized carbons (Fsp3) is 0.545. The first-order valence-corrected chi connectivity index (χ1v) is 5.64. The normalized spacial score (nSPS) is 13.2. The summed E-state index contributed by atoms with van der Waals surface area (Å²) in [6.45, 7) is 3.53. The van der Waals surface area contributed by atoms with E-state index in [4.69, 9.17) is 0 Å². The number of aromatic nitrogens is 2. The second-order valence-corrected chi connectivity index (χ2v) is 4.24. The summed E-state index contributed by atoms with van der Waals surface area (Å²) in [6.07, 6.45) is -3.54. The van der Waals surface area contributed by atoms with Crippen molar-refractivity contribution in [3.63, 3.8) is 0 Å². The summed E-state index contributed by atoms with van der Waals surface area (Å²) < 4.78 is 37.5. The van der Waals surface area contributed by atoms with Gasteiger partial charge in [0.05, 0.1) is 0 Å². The number of anilines is 1. The quantitative estimate of drug-likeness (QED) is 0.878. The Morgan fingerprint density at radius 1 is 1.37 bits per heavy atom. The zero-order valence-electron chi connectivity index (χ0n) is 10.7. The highest BCUT2D eigenvalue weighted by Gasteiger charge is 2.33. The van der Waals surface area contributed by atoms with Gasteiger partial charge >= 0.3 is 6.18 Å². The van der Waals surface area contributed by atoms with Crippen LogP contribution in [0.1, 0.15) is 19.5 Å². The number of carbonyl (C=O) groups excluding carboxylic acids is 1. The molecule has 19 heavy (non-hydrogen) atoms. The fourth-order valence-corrected chi connectivity index (χ4v) is 1.42. The molecule has 1 aromatic heterocycles. The Morgan fingerprint density at radius 3 is 2.47 bits per heavy atom. The molecular formula is C11H15F3N4O. The first kappa shape index (κ1) is 15.2. The number of likely N-dealkylation sites (N-methyl/N-ethyl adjacent to an activating group) is 1. The molecule has 0 saturated heterocycles. The first-order chi connectivity index (χ1) is 8.75. The van der Waals surface area contributed by atoms with Crippen molar-refractivity contribution in [2.24, 2.45) is 5.92 Å². The van der Waals surface area contributed by atoms with Crippen molar-refractivity contribution in [2.75, 3.05) is 12.4 Å². The van der Waals surface area contributed by atoms with Gasteiger partial charge in [-0.1, -0.05) is 13.8 Å². The molecule has 8 heteroatoms. The van der Waals surface area contributed by atoms with Gasteiger partial charge in [-0.2, -0.15) is 13.2 Å². The molecule has 0 fully saturated rings. The van der Waals surface area contributed by atoms with E-state index in [1.165, 1.54) is 7.05 Å². The number of hydrogen-bond donors (Lipinski definition) is 2. The van der Waals surface area contributed by atoms with E-state index in [1.54, 1.807) is 13.8 Å². The molecule has 1 rings (SSSR count). The molecule has 1 atom stereocenters. The maximum Gasteiger partial charge on any atom is 0.433 e. The van der Waals surface area contributed by atoms with E-state index in [9.17, 15) is 18.0 Å². The highest BCUT2D eigenvalue weighted by Crippen LogP contribution is 2.27. The van der Waals surface area contributed by atoms with E-state index in [-0.39, 0.29) is 17.8 Å². The number of nitrogens with one attached hydrogen (secondary N) is 2. The largest absolute Gasteiger partial charge is 0.433 e. The van der Waals surface area contributed by atoms with Gasteiger partial charge in [0.2, 0.25) is 11.9 Å². The molecule has 106 valence electrons. The van der Waals surface area contributed by atoms with Crippen LogP contribution in [0.2, 0.25) is 0 Å². The van der Waals surface area contributed by atoms with Crippen LogP contribution in [0.4, 0.5) is 19.1 Å². The average Bonchev–Trinajstić information content (AvgIpc) is 2.34.